The standard InChI is InChI=1S/C22H19F3N2O3S/c1-14(13-30-18-6-3-2-5-17(18)22(23,24)25)26-20(28)15-8-10-16(11-9-15)27-21(29)19-7-4-12-31-19/h2-12,14H,13H2,1H3,(H,26,28)(H,27,29)/t14-/m0/s1. The van der Waals surface area contributed by atoms with Gasteiger partial charge >= 0.3 is 6.18 Å². The molecular formula is C22H19F3N2O3S. The number of hydrogen-bond donors (Lipinski definition) is 2. The smallest absolute Gasteiger partial charge is 0.419 e. The molecule has 9 heteroatoms. The highest BCUT2D eigenvalue weighted by Gasteiger charge is 2.34. The number of nitrogens with one attached hydrogen (secondary N) is 2. The summed E-state index contributed by atoms with van der Waals surface area (Å²) in [5.41, 5.74) is 0.0143. The molecule has 0 spiro atoms. The van der Waals surface area contributed by atoms with Gasteiger partial charge in [0, 0.05) is 11.3 Å². The zero-order chi connectivity index (χ0) is 22.4. The van der Waals surface area contributed by atoms with Gasteiger partial charge in [-0.25, -0.2) is 0 Å². The van der Waals surface area contributed by atoms with E-state index in [9.17, 15) is 22.8 Å². The lowest BCUT2D eigenvalue weighted by Crippen LogP contribution is -2.36. The highest BCUT2D eigenvalue weighted by molar-refractivity contribution is 7.12. The number of thiophene rings is 1. The summed E-state index contributed by atoms with van der Waals surface area (Å²) in [5, 5.41) is 7.21. The first kappa shape index (κ1) is 22.4. The van der Waals surface area contributed by atoms with Crippen LogP contribution in [0.1, 0.15) is 32.5 Å². The molecule has 0 saturated carbocycles. The normalized spacial score (nSPS) is 12.1. The quantitative estimate of drug-likeness (QED) is 0.521. The van der Waals surface area contributed by atoms with E-state index in [1.807, 2.05) is 0 Å². The predicted octanol–water partition coefficient (Wildman–Crippen LogP) is 5.22. The number of para-hydroxylation sites is 1. The summed E-state index contributed by atoms with van der Waals surface area (Å²) in [6, 6.07) is 14.2. The van der Waals surface area contributed by atoms with Crippen molar-refractivity contribution in [3.63, 3.8) is 0 Å². The molecule has 0 aliphatic rings. The molecule has 1 heterocycles. The summed E-state index contributed by atoms with van der Waals surface area (Å²) in [5.74, 6) is -0.935. The maximum Gasteiger partial charge on any atom is 0.419 e. The van der Waals surface area contributed by atoms with Crippen LogP contribution in [0.2, 0.25) is 0 Å². The Labute approximate surface area is 180 Å². The zero-order valence-electron chi connectivity index (χ0n) is 16.4. The minimum Gasteiger partial charge on any atom is -0.491 e. The van der Waals surface area contributed by atoms with E-state index >= 15 is 0 Å². The van der Waals surface area contributed by atoms with Crippen molar-refractivity contribution in [2.45, 2.75) is 19.1 Å². The van der Waals surface area contributed by atoms with Crippen molar-refractivity contribution in [3.05, 3.63) is 82.0 Å². The number of benzene rings is 2. The first-order valence-electron chi connectivity index (χ1n) is 9.29. The summed E-state index contributed by atoms with van der Waals surface area (Å²) in [6.45, 7) is 1.50. The van der Waals surface area contributed by atoms with E-state index in [1.165, 1.54) is 29.5 Å². The van der Waals surface area contributed by atoms with E-state index in [1.54, 1.807) is 48.7 Å². The third-order valence-corrected chi connectivity index (χ3v) is 5.08. The van der Waals surface area contributed by atoms with Gasteiger partial charge in [-0.2, -0.15) is 13.2 Å². The van der Waals surface area contributed by atoms with Crippen molar-refractivity contribution in [2.75, 3.05) is 11.9 Å². The van der Waals surface area contributed by atoms with Gasteiger partial charge in [0.1, 0.15) is 12.4 Å². The molecule has 5 nitrogen and oxygen atoms in total. The molecule has 0 unspecified atom stereocenters. The van der Waals surface area contributed by atoms with Crippen LogP contribution in [0.5, 0.6) is 5.75 Å². The number of hydrogen-bond acceptors (Lipinski definition) is 4. The highest BCUT2D eigenvalue weighted by atomic mass is 32.1. The molecule has 3 rings (SSSR count). The average Bonchev–Trinajstić information content (AvgIpc) is 3.27. The topological polar surface area (TPSA) is 67.4 Å². The summed E-state index contributed by atoms with van der Waals surface area (Å²) >= 11 is 1.32. The molecule has 1 aromatic heterocycles. The lowest BCUT2D eigenvalue weighted by Gasteiger charge is -2.18. The molecule has 2 aromatic carbocycles. The minimum atomic E-state index is -4.52. The predicted molar refractivity (Wildman–Crippen MR) is 113 cm³/mol. The van der Waals surface area contributed by atoms with Crippen molar-refractivity contribution < 1.29 is 27.5 Å². The maximum absolute atomic E-state index is 13.0. The number of amides is 2. The number of rotatable bonds is 7. The molecule has 0 aliphatic heterocycles. The van der Waals surface area contributed by atoms with Crippen molar-refractivity contribution >= 4 is 28.8 Å². The van der Waals surface area contributed by atoms with Crippen LogP contribution in [0.4, 0.5) is 18.9 Å². The van der Waals surface area contributed by atoms with Gasteiger partial charge in [0.2, 0.25) is 0 Å². The van der Waals surface area contributed by atoms with Gasteiger partial charge in [0.25, 0.3) is 11.8 Å². The third kappa shape index (κ3) is 6.08. The van der Waals surface area contributed by atoms with E-state index in [4.69, 9.17) is 4.74 Å². The third-order valence-electron chi connectivity index (χ3n) is 4.21. The van der Waals surface area contributed by atoms with Crippen LogP contribution >= 0.6 is 11.3 Å². The Hall–Kier alpha value is -3.33. The maximum atomic E-state index is 13.0. The van der Waals surface area contributed by atoms with E-state index < -0.39 is 23.7 Å². The van der Waals surface area contributed by atoms with E-state index in [0.29, 0.717) is 16.1 Å². The van der Waals surface area contributed by atoms with Crippen LogP contribution in [0.3, 0.4) is 0 Å². The fraction of sp³-hybridized carbons (Fsp3) is 0.182. The highest BCUT2D eigenvalue weighted by Crippen LogP contribution is 2.35. The fourth-order valence-electron chi connectivity index (χ4n) is 2.70. The van der Waals surface area contributed by atoms with Gasteiger partial charge in [0.15, 0.2) is 0 Å². The number of carbonyl (C=O) groups excluding carboxylic acids is 2. The molecule has 0 radical (unpaired) electrons. The summed E-state index contributed by atoms with van der Waals surface area (Å²) in [6.07, 6.45) is -4.52. The van der Waals surface area contributed by atoms with Crippen LogP contribution in [0.15, 0.2) is 66.0 Å². The Morgan fingerprint density at radius 3 is 2.35 bits per heavy atom. The Balaban J connectivity index is 1.54. The van der Waals surface area contributed by atoms with E-state index in [-0.39, 0.29) is 18.3 Å². The summed E-state index contributed by atoms with van der Waals surface area (Å²) in [4.78, 5) is 25.0. The van der Waals surface area contributed by atoms with Crippen molar-refractivity contribution in [1.82, 2.24) is 5.32 Å². The second-order valence-corrected chi connectivity index (χ2v) is 7.64. The van der Waals surface area contributed by atoms with E-state index in [2.05, 4.69) is 10.6 Å². The second-order valence-electron chi connectivity index (χ2n) is 6.69. The lowest BCUT2D eigenvalue weighted by molar-refractivity contribution is -0.139. The van der Waals surface area contributed by atoms with Crippen molar-refractivity contribution in [1.29, 1.82) is 0 Å². The average molecular weight is 448 g/mol. The second kappa shape index (κ2) is 9.65. The van der Waals surface area contributed by atoms with Crippen LogP contribution in [0.25, 0.3) is 0 Å². The van der Waals surface area contributed by atoms with Crippen molar-refractivity contribution in [2.24, 2.45) is 0 Å². The van der Waals surface area contributed by atoms with Gasteiger partial charge in [-0.1, -0.05) is 18.2 Å². The fourth-order valence-corrected chi connectivity index (χ4v) is 3.31. The molecule has 3 aromatic rings. The molecular weight excluding hydrogens is 429 g/mol. The Morgan fingerprint density at radius 1 is 1.00 bits per heavy atom. The number of anilines is 1. The van der Waals surface area contributed by atoms with Crippen molar-refractivity contribution in [3.8, 4) is 5.75 Å². The largest absolute Gasteiger partial charge is 0.491 e. The molecule has 162 valence electrons. The van der Waals surface area contributed by atoms with Gasteiger partial charge in [-0.15, -0.1) is 11.3 Å². The molecule has 0 aliphatic carbocycles. The molecule has 1 atom stereocenters. The van der Waals surface area contributed by atoms with Crippen LogP contribution in [0, 0.1) is 0 Å². The van der Waals surface area contributed by atoms with Gasteiger partial charge in [0.05, 0.1) is 16.5 Å². The molecule has 0 bridgehead atoms. The first-order chi connectivity index (χ1) is 14.7. The number of ether oxygens (including phenoxy) is 1. The van der Waals surface area contributed by atoms with Crippen LogP contribution < -0.4 is 15.4 Å². The van der Waals surface area contributed by atoms with Gasteiger partial charge in [-0.05, 0) is 54.8 Å². The van der Waals surface area contributed by atoms with Crippen LogP contribution in [-0.2, 0) is 6.18 Å². The molecule has 31 heavy (non-hydrogen) atoms. The monoisotopic (exact) mass is 448 g/mol. The number of carbonyl (C=O) groups is 2. The van der Waals surface area contributed by atoms with Gasteiger partial charge < -0.3 is 15.4 Å². The van der Waals surface area contributed by atoms with Gasteiger partial charge in [-0.3, -0.25) is 9.59 Å². The number of halogens is 3. The SMILES string of the molecule is C[C@@H](COc1ccccc1C(F)(F)F)NC(=O)c1ccc(NC(=O)c2cccs2)cc1. The molecule has 0 saturated heterocycles. The Morgan fingerprint density at radius 2 is 1.71 bits per heavy atom. The van der Waals surface area contributed by atoms with E-state index in [0.717, 1.165) is 6.07 Å². The summed E-state index contributed by atoms with van der Waals surface area (Å²) in [7, 11) is 0. The molecule has 0 fully saturated rings. The van der Waals surface area contributed by atoms with Crippen LogP contribution in [-0.4, -0.2) is 24.5 Å². The molecule has 2 amide bonds. The first-order valence-corrected chi connectivity index (χ1v) is 10.2. The Bertz CT molecular complexity index is 1030. The minimum absolute atomic E-state index is 0.131. The number of alkyl halides is 3. The molecule has 2 N–H and O–H groups in total. The Kier molecular flexibility index (Phi) is 6.96. The summed E-state index contributed by atoms with van der Waals surface area (Å²) < 4.78 is 44.3. The lowest BCUT2D eigenvalue weighted by atomic mass is 10.1. The zero-order valence-corrected chi connectivity index (χ0v) is 17.2.